The van der Waals surface area contributed by atoms with Gasteiger partial charge in [0.05, 0.1) is 12.5 Å². The molecule has 1 aromatic rings. The smallest absolute Gasteiger partial charge is 0.309 e. The number of nitrogens with zero attached hydrogens (tertiary/aromatic N) is 2. The van der Waals surface area contributed by atoms with Gasteiger partial charge in [-0.3, -0.25) is 9.79 Å². The molecule has 1 saturated heterocycles. The van der Waals surface area contributed by atoms with Crippen molar-refractivity contribution < 1.29 is 9.53 Å². The number of aliphatic imine (C=N–C) groups is 1. The Hall–Kier alpha value is -0.670. The molecule has 0 bridgehead atoms. The number of piperidine rings is 1. The summed E-state index contributed by atoms with van der Waals surface area (Å²) < 4.78 is 5.12. The minimum atomic E-state index is -0.0653. The molecule has 0 unspecified atom stereocenters. The average Bonchev–Trinajstić information content (AvgIpc) is 2.64. The second-order valence-electron chi connectivity index (χ2n) is 5.79. The van der Waals surface area contributed by atoms with Crippen LogP contribution in [0.5, 0.6) is 0 Å². The molecule has 1 aliphatic heterocycles. The molecule has 2 rings (SSSR count). The molecule has 0 spiro atoms. The van der Waals surface area contributed by atoms with E-state index in [1.54, 1.807) is 18.8 Å². The Morgan fingerprint density at radius 3 is 2.58 bits per heavy atom. The normalized spacial score (nSPS) is 15.3. The summed E-state index contributed by atoms with van der Waals surface area (Å²) in [5.41, 5.74) is 0. The highest BCUT2D eigenvalue weighted by Crippen LogP contribution is 2.20. The van der Waals surface area contributed by atoms with Crippen molar-refractivity contribution in [1.29, 1.82) is 0 Å². The van der Waals surface area contributed by atoms with Crippen LogP contribution >= 0.6 is 47.3 Å². The van der Waals surface area contributed by atoms with Gasteiger partial charge in [-0.1, -0.05) is 11.6 Å². The van der Waals surface area contributed by atoms with Crippen molar-refractivity contribution in [2.24, 2.45) is 10.9 Å². The Labute approximate surface area is 182 Å². The molecule has 0 saturated carbocycles. The van der Waals surface area contributed by atoms with Gasteiger partial charge in [0, 0.05) is 42.4 Å². The maximum absolute atomic E-state index is 11.8. The fraction of sp³-hybridized carbons (Fsp3) is 0.556. The number of esters is 1. The molecule has 5 nitrogen and oxygen atoms in total. The summed E-state index contributed by atoms with van der Waals surface area (Å²) in [4.78, 5) is 19.6. The number of benzene rings is 1. The third-order valence-electron chi connectivity index (χ3n) is 4.09. The van der Waals surface area contributed by atoms with Crippen molar-refractivity contribution in [2.75, 3.05) is 39.0 Å². The van der Waals surface area contributed by atoms with Crippen molar-refractivity contribution in [3.05, 3.63) is 29.3 Å². The molecule has 1 fully saturated rings. The number of likely N-dealkylation sites (tertiary alicyclic amines) is 1. The van der Waals surface area contributed by atoms with E-state index >= 15 is 0 Å². The number of carbonyl (C=O) groups excluding carboxylic acids is 1. The van der Waals surface area contributed by atoms with Crippen molar-refractivity contribution in [1.82, 2.24) is 10.2 Å². The van der Waals surface area contributed by atoms with Gasteiger partial charge in [0.2, 0.25) is 0 Å². The number of guanidine groups is 1. The number of carbonyl (C=O) groups is 1. The van der Waals surface area contributed by atoms with E-state index in [2.05, 4.69) is 15.2 Å². The molecule has 1 aliphatic rings. The van der Waals surface area contributed by atoms with E-state index in [-0.39, 0.29) is 35.9 Å². The lowest BCUT2D eigenvalue weighted by molar-refractivity contribution is -0.149. The van der Waals surface area contributed by atoms with Crippen LogP contribution in [0.4, 0.5) is 0 Å². The van der Waals surface area contributed by atoms with Crippen LogP contribution in [0.15, 0.2) is 34.2 Å². The van der Waals surface area contributed by atoms with Gasteiger partial charge in [-0.2, -0.15) is 0 Å². The van der Waals surface area contributed by atoms with Gasteiger partial charge in [0.1, 0.15) is 0 Å². The molecule has 0 aliphatic carbocycles. The van der Waals surface area contributed by atoms with Gasteiger partial charge < -0.3 is 15.0 Å². The van der Waals surface area contributed by atoms with Gasteiger partial charge in [0.15, 0.2) is 5.96 Å². The van der Waals surface area contributed by atoms with Gasteiger partial charge in [-0.05, 0) is 44.0 Å². The Bertz CT molecular complexity index is 578. The highest BCUT2D eigenvalue weighted by Gasteiger charge is 2.27. The number of hydrogen-bond acceptors (Lipinski definition) is 4. The van der Waals surface area contributed by atoms with Crippen LogP contribution in [0, 0.1) is 5.92 Å². The molecule has 1 aromatic carbocycles. The summed E-state index contributed by atoms with van der Waals surface area (Å²) in [6.07, 6.45) is 1.64. The zero-order valence-electron chi connectivity index (χ0n) is 15.2. The SMILES string of the molecule is CCOC(=O)C1CCN(C(=NC)NCCSc2ccc(Cl)cc2)CC1.I. The van der Waals surface area contributed by atoms with E-state index in [4.69, 9.17) is 16.3 Å². The lowest BCUT2D eigenvalue weighted by Gasteiger charge is -2.33. The summed E-state index contributed by atoms with van der Waals surface area (Å²) in [6, 6.07) is 7.87. The number of hydrogen-bond donors (Lipinski definition) is 1. The fourth-order valence-electron chi connectivity index (χ4n) is 2.78. The molecule has 8 heteroatoms. The molecule has 0 aromatic heterocycles. The molecule has 0 radical (unpaired) electrons. The standard InChI is InChI=1S/C18H26ClN3O2S.HI/c1-3-24-17(23)14-8-11-22(12-9-14)18(20-2)21-10-13-25-16-6-4-15(19)5-7-16;/h4-7,14H,3,8-13H2,1-2H3,(H,20,21);1H. The zero-order chi connectivity index (χ0) is 18.1. The van der Waals surface area contributed by atoms with Crippen molar-refractivity contribution >= 4 is 59.3 Å². The van der Waals surface area contributed by atoms with Crippen LogP contribution in [-0.4, -0.2) is 55.9 Å². The predicted molar refractivity (Wildman–Crippen MR) is 120 cm³/mol. The average molecular weight is 512 g/mol. The third-order valence-corrected chi connectivity index (χ3v) is 5.36. The topological polar surface area (TPSA) is 53.9 Å². The summed E-state index contributed by atoms with van der Waals surface area (Å²) in [6.45, 7) is 4.78. The van der Waals surface area contributed by atoms with Gasteiger partial charge in [-0.25, -0.2) is 0 Å². The number of thioether (sulfide) groups is 1. The van der Waals surface area contributed by atoms with Gasteiger partial charge >= 0.3 is 5.97 Å². The first-order valence-corrected chi connectivity index (χ1v) is 10.0. The predicted octanol–water partition coefficient (Wildman–Crippen LogP) is 3.90. The number of rotatable bonds is 6. The Kier molecular flexibility index (Phi) is 11.4. The molecule has 146 valence electrons. The van der Waals surface area contributed by atoms with Crippen LogP contribution in [0.25, 0.3) is 0 Å². The van der Waals surface area contributed by atoms with Crippen LogP contribution in [0.3, 0.4) is 0 Å². The second kappa shape index (κ2) is 12.7. The van der Waals surface area contributed by atoms with Gasteiger partial charge in [0.25, 0.3) is 0 Å². The van der Waals surface area contributed by atoms with E-state index in [1.807, 2.05) is 31.2 Å². The van der Waals surface area contributed by atoms with E-state index in [1.165, 1.54) is 4.90 Å². The minimum Gasteiger partial charge on any atom is -0.466 e. The van der Waals surface area contributed by atoms with Crippen molar-refractivity contribution in [3.8, 4) is 0 Å². The minimum absolute atomic E-state index is 0. The first kappa shape index (κ1) is 23.4. The van der Waals surface area contributed by atoms with Crippen LogP contribution < -0.4 is 5.32 Å². The van der Waals surface area contributed by atoms with E-state index in [0.29, 0.717) is 6.61 Å². The zero-order valence-corrected chi connectivity index (χ0v) is 19.1. The molecular weight excluding hydrogens is 485 g/mol. The highest BCUT2D eigenvalue weighted by atomic mass is 127. The summed E-state index contributed by atoms with van der Waals surface area (Å²) in [5, 5.41) is 4.16. The van der Waals surface area contributed by atoms with Crippen molar-refractivity contribution in [2.45, 2.75) is 24.7 Å². The molecule has 0 amide bonds. The largest absolute Gasteiger partial charge is 0.466 e. The molecule has 1 heterocycles. The number of nitrogens with one attached hydrogen (secondary N) is 1. The summed E-state index contributed by atoms with van der Waals surface area (Å²) >= 11 is 7.68. The van der Waals surface area contributed by atoms with E-state index < -0.39 is 0 Å². The molecule has 0 atom stereocenters. The van der Waals surface area contributed by atoms with E-state index in [0.717, 1.165) is 49.2 Å². The van der Waals surface area contributed by atoms with E-state index in [9.17, 15) is 4.79 Å². The quantitative estimate of drug-likeness (QED) is 0.157. The number of ether oxygens (including phenoxy) is 1. The first-order valence-electron chi connectivity index (χ1n) is 8.64. The van der Waals surface area contributed by atoms with Gasteiger partial charge in [-0.15, -0.1) is 35.7 Å². The maximum Gasteiger partial charge on any atom is 0.309 e. The Morgan fingerprint density at radius 1 is 1.35 bits per heavy atom. The second-order valence-corrected chi connectivity index (χ2v) is 7.39. The van der Waals surface area contributed by atoms with Crippen LogP contribution in [0.2, 0.25) is 5.02 Å². The number of halogens is 2. The Balaban J connectivity index is 0.00000338. The van der Waals surface area contributed by atoms with Crippen LogP contribution in [-0.2, 0) is 9.53 Å². The van der Waals surface area contributed by atoms with Crippen LogP contribution in [0.1, 0.15) is 19.8 Å². The molecular formula is C18H27ClIN3O2S. The molecule has 1 N–H and O–H groups in total. The highest BCUT2D eigenvalue weighted by molar-refractivity contribution is 14.0. The first-order chi connectivity index (χ1) is 12.1. The monoisotopic (exact) mass is 511 g/mol. The Morgan fingerprint density at radius 2 is 2.00 bits per heavy atom. The summed E-state index contributed by atoms with van der Waals surface area (Å²) in [5.74, 6) is 1.80. The molecule has 26 heavy (non-hydrogen) atoms. The lowest BCUT2D eigenvalue weighted by Crippen LogP contribution is -2.47. The lowest BCUT2D eigenvalue weighted by atomic mass is 9.97. The van der Waals surface area contributed by atoms with Crippen molar-refractivity contribution in [3.63, 3.8) is 0 Å². The summed E-state index contributed by atoms with van der Waals surface area (Å²) in [7, 11) is 1.80. The maximum atomic E-state index is 11.8. The fourth-order valence-corrected chi connectivity index (χ4v) is 3.68. The third kappa shape index (κ3) is 7.52.